The molecule has 6 N–H and O–H groups in total. The number of piperidine rings is 1. The van der Waals surface area contributed by atoms with Gasteiger partial charge >= 0.3 is 0 Å². The summed E-state index contributed by atoms with van der Waals surface area (Å²) in [6.45, 7) is 0.849. The Morgan fingerprint density at radius 1 is 0.932 bits per heavy atom. The summed E-state index contributed by atoms with van der Waals surface area (Å²) in [5.41, 5.74) is 3.84. The zero-order valence-electron chi connectivity index (χ0n) is 33.7. The van der Waals surface area contributed by atoms with Crippen LogP contribution in [0.2, 0.25) is 5.02 Å². The number of carbonyl (C=O) groups is 2. The lowest BCUT2D eigenvalue weighted by molar-refractivity contribution is -0.127. The predicted octanol–water partition coefficient (Wildman–Crippen LogP) is 5.42. The van der Waals surface area contributed by atoms with Crippen LogP contribution in [0, 0.1) is 5.92 Å². The third-order valence-electron chi connectivity index (χ3n) is 11.6. The molecule has 14 heteroatoms. The Labute approximate surface area is 356 Å². The van der Waals surface area contributed by atoms with E-state index in [1.807, 2.05) is 53.3 Å². The van der Waals surface area contributed by atoms with Gasteiger partial charge in [-0.15, -0.1) is 11.8 Å². The number of aliphatic hydroxyl groups is 5. The van der Waals surface area contributed by atoms with Crippen molar-refractivity contribution >= 4 is 35.1 Å². The van der Waals surface area contributed by atoms with Crippen molar-refractivity contribution < 1.29 is 44.6 Å². The number of hydrogen-bond acceptors (Lipinski definition) is 12. The van der Waals surface area contributed by atoms with E-state index in [1.54, 1.807) is 0 Å². The molecule has 0 unspecified atom stereocenters. The van der Waals surface area contributed by atoms with Crippen molar-refractivity contribution in [3.63, 3.8) is 0 Å². The van der Waals surface area contributed by atoms with Crippen LogP contribution in [0.25, 0.3) is 11.1 Å². The summed E-state index contributed by atoms with van der Waals surface area (Å²) in [5, 5.41) is 51.2. The van der Waals surface area contributed by atoms with Gasteiger partial charge in [-0.1, -0.05) is 42.6 Å². The number of unbranched alkanes of at least 4 members (excludes halogenated alkanes) is 3. The number of ether oxygens (including phenoxy) is 2. The average Bonchev–Trinajstić information content (AvgIpc) is 4.20. The largest absolute Gasteiger partial charge is 0.490 e. The van der Waals surface area contributed by atoms with Crippen molar-refractivity contribution in [2.24, 2.45) is 5.92 Å². The number of nitrogens with zero attached hydrogens (tertiary/aromatic N) is 2. The van der Waals surface area contributed by atoms with Crippen LogP contribution < -0.4 is 10.1 Å². The number of Topliss-reactive ketones (excluding diaryl/α,β-unsaturated/α-hetero) is 1. The summed E-state index contributed by atoms with van der Waals surface area (Å²) in [6, 6.07) is 16.5. The monoisotopic (exact) mass is 853 g/mol. The molecule has 2 saturated carbocycles. The Morgan fingerprint density at radius 3 is 2.42 bits per heavy atom. The lowest BCUT2D eigenvalue weighted by Crippen LogP contribution is -2.50. The Kier molecular flexibility index (Phi) is 17.0. The summed E-state index contributed by atoms with van der Waals surface area (Å²) in [4.78, 5) is 32.8. The van der Waals surface area contributed by atoms with Crippen LogP contribution in [0.1, 0.15) is 88.2 Å². The summed E-state index contributed by atoms with van der Waals surface area (Å²) in [6.07, 6.45) is 8.44. The van der Waals surface area contributed by atoms with Gasteiger partial charge in [0.1, 0.15) is 29.8 Å². The van der Waals surface area contributed by atoms with Gasteiger partial charge in [0.2, 0.25) is 5.91 Å². The molecule has 6 rings (SSSR count). The van der Waals surface area contributed by atoms with E-state index >= 15 is 0 Å². The van der Waals surface area contributed by atoms with Gasteiger partial charge in [0.05, 0.1) is 37.6 Å². The molecule has 3 aliphatic rings. The van der Waals surface area contributed by atoms with E-state index < -0.39 is 36.6 Å². The van der Waals surface area contributed by atoms with E-state index in [2.05, 4.69) is 34.6 Å². The molecule has 0 bridgehead atoms. The molecule has 0 radical (unpaired) electrons. The minimum absolute atomic E-state index is 0.124. The molecule has 1 amide bonds. The highest BCUT2D eigenvalue weighted by atomic mass is 35.5. The Bertz CT molecular complexity index is 1820. The van der Waals surface area contributed by atoms with Gasteiger partial charge in [0.15, 0.2) is 0 Å². The first-order valence-electron chi connectivity index (χ1n) is 21.1. The van der Waals surface area contributed by atoms with E-state index in [1.165, 1.54) is 4.90 Å². The van der Waals surface area contributed by atoms with Crippen LogP contribution in [0.15, 0.2) is 65.8 Å². The van der Waals surface area contributed by atoms with Crippen molar-refractivity contribution in [3.8, 4) is 16.9 Å². The molecule has 2 heterocycles. The first-order valence-corrected chi connectivity index (χ1v) is 22.5. The van der Waals surface area contributed by atoms with E-state index in [9.17, 15) is 30.0 Å². The highest BCUT2D eigenvalue weighted by Gasteiger charge is 2.48. The summed E-state index contributed by atoms with van der Waals surface area (Å²) in [7, 11) is 0. The number of aromatic nitrogens is 1. The maximum atomic E-state index is 12.7. The molecule has 2 aromatic carbocycles. The van der Waals surface area contributed by atoms with E-state index in [0.717, 1.165) is 98.0 Å². The second-order valence-electron chi connectivity index (χ2n) is 16.3. The second kappa shape index (κ2) is 22.1. The van der Waals surface area contributed by atoms with Crippen LogP contribution in [-0.2, 0) is 26.5 Å². The minimum Gasteiger partial charge on any atom is -0.490 e. The number of rotatable bonds is 25. The van der Waals surface area contributed by atoms with E-state index in [-0.39, 0.29) is 19.0 Å². The zero-order valence-corrected chi connectivity index (χ0v) is 35.3. The van der Waals surface area contributed by atoms with Gasteiger partial charge in [-0.2, -0.15) is 0 Å². The van der Waals surface area contributed by atoms with E-state index in [0.29, 0.717) is 55.4 Å². The third-order valence-corrected chi connectivity index (χ3v) is 13.0. The molecular weight excluding hydrogens is 794 g/mol. The number of pyridine rings is 1. The molecule has 2 aliphatic carbocycles. The summed E-state index contributed by atoms with van der Waals surface area (Å²) in [5.74, 6) is 2.16. The number of amides is 1. The van der Waals surface area contributed by atoms with Crippen molar-refractivity contribution in [2.45, 2.75) is 125 Å². The number of benzene rings is 2. The number of aliphatic hydroxyl groups excluding tert-OH is 5. The molecule has 12 nitrogen and oxygen atoms in total. The number of ketones is 1. The number of likely N-dealkylation sites (tertiary alicyclic amines) is 1. The van der Waals surface area contributed by atoms with Gasteiger partial charge in [-0.25, -0.2) is 0 Å². The maximum absolute atomic E-state index is 12.7. The lowest BCUT2D eigenvalue weighted by Gasteiger charge is -2.31. The summed E-state index contributed by atoms with van der Waals surface area (Å²) < 4.78 is 12.9. The fourth-order valence-electron chi connectivity index (χ4n) is 7.62. The van der Waals surface area contributed by atoms with Crippen molar-refractivity contribution in [1.29, 1.82) is 0 Å². The Balaban J connectivity index is 0.840. The van der Waals surface area contributed by atoms with Crippen LogP contribution in [-0.4, -0.2) is 116 Å². The molecule has 1 saturated heterocycles. The molecule has 4 atom stereocenters. The zero-order chi connectivity index (χ0) is 41.8. The number of thioether (sulfide) groups is 1. The molecule has 3 fully saturated rings. The maximum Gasteiger partial charge on any atom is 0.234 e. The number of halogens is 1. The smallest absolute Gasteiger partial charge is 0.234 e. The SMILES string of the molecule is O=C(CCCCCCSc1ccc(Cl)c(COC2(c3cnccc3-c3ccccc3OC3CC3)CC2)c1)CC1CCN(CC(=O)NC[C@H](O)[C@@H](O)[C@H](O)[C@H](O)CO)CC1. The standard InChI is InChI=1S/C45H60ClN3O9S/c46-38-13-12-34(24-31(38)29-57-45(17-18-45)37-25-47-19-14-35(37)36-8-4-5-9-41(36)58-33-10-11-33)59-22-6-2-1-3-7-32(51)23-30-15-20-49(21-16-30)27-42(54)48-26-39(52)43(55)44(56)40(53)28-50/h4-5,8-9,12-14,19,24-25,30,33,39-40,43-44,50,52-53,55-56H,1-3,6-7,10-11,15-18,20-23,26-29H2,(H,48,54)/t39-,40+,43+,44+/m0/s1. The number of para-hydroxylation sites is 1. The number of hydrogen-bond donors (Lipinski definition) is 6. The molecule has 0 spiro atoms. The molecular formula is C45H60ClN3O9S. The Hall–Kier alpha value is -3.11. The molecule has 1 aromatic heterocycles. The van der Waals surface area contributed by atoms with Crippen molar-refractivity contribution in [3.05, 3.63) is 77.1 Å². The van der Waals surface area contributed by atoms with Gasteiger partial charge in [-0.3, -0.25) is 19.5 Å². The fraction of sp³-hybridized carbons (Fsp3) is 0.578. The quantitative estimate of drug-likeness (QED) is 0.0472. The van der Waals surface area contributed by atoms with Gasteiger partial charge in [0, 0.05) is 52.8 Å². The highest BCUT2D eigenvalue weighted by molar-refractivity contribution is 7.99. The van der Waals surface area contributed by atoms with Gasteiger partial charge in [-0.05, 0) is 118 Å². The number of carbonyl (C=O) groups excluding carboxylic acids is 2. The predicted molar refractivity (Wildman–Crippen MR) is 227 cm³/mol. The minimum atomic E-state index is -1.74. The first kappa shape index (κ1) is 45.4. The van der Waals surface area contributed by atoms with Gasteiger partial charge < -0.3 is 40.3 Å². The average molecular weight is 855 g/mol. The normalized spacial score (nSPS) is 18.8. The van der Waals surface area contributed by atoms with Gasteiger partial charge in [0.25, 0.3) is 0 Å². The third kappa shape index (κ3) is 13.4. The topological polar surface area (TPSA) is 182 Å². The van der Waals surface area contributed by atoms with Crippen LogP contribution >= 0.6 is 23.4 Å². The van der Waals surface area contributed by atoms with E-state index in [4.69, 9.17) is 26.2 Å². The molecule has 3 aromatic rings. The summed E-state index contributed by atoms with van der Waals surface area (Å²) >= 11 is 8.49. The first-order chi connectivity index (χ1) is 28.5. The van der Waals surface area contributed by atoms with Crippen LogP contribution in [0.4, 0.5) is 0 Å². The number of nitrogens with one attached hydrogen (secondary N) is 1. The molecule has 322 valence electrons. The molecule has 1 aliphatic heterocycles. The van der Waals surface area contributed by atoms with Crippen molar-refractivity contribution in [2.75, 3.05) is 38.5 Å². The lowest BCUT2D eigenvalue weighted by atomic mass is 9.90. The van der Waals surface area contributed by atoms with Crippen LogP contribution in [0.5, 0.6) is 5.75 Å². The fourth-order valence-corrected chi connectivity index (χ4v) is 8.77. The van der Waals surface area contributed by atoms with Crippen molar-refractivity contribution in [1.82, 2.24) is 15.2 Å². The van der Waals surface area contributed by atoms with Crippen LogP contribution in [0.3, 0.4) is 0 Å². The molecule has 59 heavy (non-hydrogen) atoms. The second-order valence-corrected chi connectivity index (χ2v) is 17.9. The highest BCUT2D eigenvalue weighted by Crippen LogP contribution is 2.53. The Morgan fingerprint density at radius 2 is 1.68 bits per heavy atom.